The Labute approximate surface area is 117 Å². The van der Waals surface area contributed by atoms with Crippen molar-refractivity contribution in [1.29, 1.82) is 5.26 Å². The van der Waals surface area contributed by atoms with Crippen molar-refractivity contribution in [3.63, 3.8) is 0 Å². The van der Waals surface area contributed by atoms with Crippen LogP contribution < -0.4 is 16.4 Å². The number of nitrogens with one attached hydrogen (secondary N) is 2. The molecule has 0 saturated carbocycles. The first kappa shape index (κ1) is 13.4. The van der Waals surface area contributed by atoms with Crippen LogP contribution in [0.4, 0.5) is 21.9 Å². The Morgan fingerprint density at radius 1 is 1.10 bits per heavy atom. The maximum atomic E-state index is 11.8. The Hall–Kier alpha value is -3.00. The number of nitrogen functional groups attached to an aromatic ring is 1. The zero-order valence-corrected chi connectivity index (χ0v) is 11.0. The number of hydrogen-bond donors (Lipinski definition) is 3. The Balaban J connectivity index is 2.01. The summed E-state index contributed by atoms with van der Waals surface area (Å²) < 4.78 is 0. The van der Waals surface area contributed by atoms with Crippen molar-refractivity contribution < 1.29 is 4.79 Å². The first-order valence-electron chi connectivity index (χ1n) is 6.03. The van der Waals surface area contributed by atoms with E-state index in [-0.39, 0.29) is 6.03 Å². The molecule has 2 aromatic rings. The fourth-order valence-electron chi connectivity index (χ4n) is 1.67. The summed E-state index contributed by atoms with van der Waals surface area (Å²) in [6.45, 7) is 1.87. The molecule has 2 aromatic carbocycles. The molecular formula is C15H14N4O. The number of anilines is 3. The number of amides is 2. The fourth-order valence-corrected chi connectivity index (χ4v) is 1.67. The molecule has 0 aliphatic carbocycles. The maximum Gasteiger partial charge on any atom is 0.323 e. The summed E-state index contributed by atoms with van der Waals surface area (Å²) in [6.07, 6.45) is 0. The molecule has 0 saturated heterocycles. The van der Waals surface area contributed by atoms with Gasteiger partial charge in [0.25, 0.3) is 0 Å². The molecule has 0 atom stereocenters. The SMILES string of the molecule is Cc1cc(NC(=O)Nc2ccc(C#N)cc2)ccc1N. The Bertz CT molecular complexity index is 671. The third-order valence-corrected chi connectivity index (χ3v) is 2.80. The Morgan fingerprint density at radius 3 is 2.30 bits per heavy atom. The largest absolute Gasteiger partial charge is 0.399 e. The van der Waals surface area contributed by atoms with E-state index in [4.69, 9.17) is 11.0 Å². The summed E-state index contributed by atoms with van der Waals surface area (Å²) in [4.78, 5) is 11.8. The number of nitrogens with two attached hydrogens (primary N) is 1. The molecular weight excluding hydrogens is 252 g/mol. The van der Waals surface area contributed by atoms with Crippen LogP contribution in [-0.4, -0.2) is 6.03 Å². The topological polar surface area (TPSA) is 90.9 Å². The van der Waals surface area contributed by atoms with Gasteiger partial charge in [-0.1, -0.05) is 0 Å². The van der Waals surface area contributed by atoms with Crippen LogP contribution in [0, 0.1) is 18.3 Å². The lowest BCUT2D eigenvalue weighted by Gasteiger charge is -2.09. The molecule has 0 bridgehead atoms. The zero-order valence-electron chi connectivity index (χ0n) is 11.0. The van der Waals surface area contributed by atoms with Gasteiger partial charge in [-0.3, -0.25) is 0 Å². The van der Waals surface area contributed by atoms with Gasteiger partial charge in [-0.05, 0) is 55.0 Å². The molecule has 0 radical (unpaired) electrons. The number of carbonyl (C=O) groups excluding carboxylic acids is 1. The van der Waals surface area contributed by atoms with Gasteiger partial charge in [-0.2, -0.15) is 5.26 Å². The minimum Gasteiger partial charge on any atom is -0.399 e. The normalized spacial score (nSPS) is 9.60. The highest BCUT2D eigenvalue weighted by molar-refractivity contribution is 5.99. The van der Waals surface area contributed by atoms with E-state index in [0.717, 1.165) is 5.56 Å². The summed E-state index contributed by atoms with van der Waals surface area (Å²) in [7, 11) is 0. The summed E-state index contributed by atoms with van der Waals surface area (Å²) in [5.74, 6) is 0. The van der Waals surface area contributed by atoms with Crippen molar-refractivity contribution in [3.8, 4) is 6.07 Å². The molecule has 2 amide bonds. The second-order valence-electron chi connectivity index (χ2n) is 4.34. The molecule has 0 unspecified atom stereocenters. The predicted molar refractivity (Wildman–Crippen MR) is 79.4 cm³/mol. The van der Waals surface area contributed by atoms with E-state index in [2.05, 4.69) is 10.6 Å². The highest BCUT2D eigenvalue weighted by Crippen LogP contribution is 2.17. The molecule has 0 heterocycles. The van der Waals surface area contributed by atoms with Crippen LogP contribution in [0.5, 0.6) is 0 Å². The number of aryl methyl sites for hydroxylation is 1. The van der Waals surface area contributed by atoms with E-state index in [1.165, 1.54) is 0 Å². The Kier molecular flexibility index (Phi) is 3.87. The average Bonchev–Trinajstić information content (AvgIpc) is 2.44. The van der Waals surface area contributed by atoms with Gasteiger partial charge in [0.15, 0.2) is 0 Å². The van der Waals surface area contributed by atoms with Crippen molar-refractivity contribution in [3.05, 3.63) is 53.6 Å². The molecule has 0 aromatic heterocycles. The van der Waals surface area contributed by atoms with Gasteiger partial charge in [0, 0.05) is 17.1 Å². The number of nitriles is 1. The molecule has 100 valence electrons. The van der Waals surface area contributed by atoms with Gasteiger partial charge < -0.3 is 16.4 Å². The summed E-state index contributed by atoms with van der Waals surface area (Å²) in [5, 5.41) is 14.1. The lowest BCUT2D eigenvalue weighted by Crippen LogP contribution is -2.19. The molecule has 20 heavy (non-hydrogen) atoms. The molecule has 2 rings (SSSR count). The van der Waals surface area contributed by atoms with E-state index in [9.17, 15) is 4.79 Å². The minimum atomic E-state index is -0.348. The van der Waals surface area contributed by atoms with Crippen LogP contribution in [0.25, 0.3) is 0 Å². The average molecular weight is 266 g/mol. The Morgan fingerprint density at radius 2 is 1.70 bits per heavy atom. The van der Waals surface area contributed by atoms with E-state index in [1.54, 1.807) is 42.5 Å². The number of urea groups is 1. The molecule has 5 heteroatoms. The molecule has 0 aliphatic heterocycles. The van der Waals surface area contributed by atoms with Gasteiger partial charge in [-0.25, -0.2) is 4.79 Å². The van der Waals surface area contributed by atoms with Crippen LogP contribution in [0.2, 0.25) is 0 Å². The van der Waals surface area contributed by atoms with Crippen molar-refractivity contribution in [2.75, 3.05) is 16.4 Å². The van der Waals surface area contributed by atoms with Crippen molar-refractivity contribution in [2.45, 2.75) is 6.92 Å². The molecule has 0 aliphatic rings. The maximum absolute atomic E-state index is 11.8. The number of nitrogens with zero attached hydrogens (tertiary/aromatic N) is 1. The molecule has 4 N–H and O–H groups in total. The van der Waals surface area contributed by atoms with Gasteiger partial charge in [0.2, 0.25) is 0 Å². The first-order valence-corrected chi connectivity index (χ1v) is 6.03. The van der Waals surface area contributed by atoms with Gasteiger partial charge in [-0.15, -0.1) is 0 Å². The summed E-state index contributed by atoms with van der Waals surface area (Å²) in [5.41, 5.74) is 9.14. The van der Waals surface area contributed by atoms with Crippen molar-refractivity contribution in [2.24, 2.45) is 0 Å². The van der Waals surface area contributed by atoms with Gasteiger partial charge in [0.1, 0.15) is 0 Å². The third kappa shape index (κ3) is 3.27. The van der Waals surface area contributed by atoms with Crippen LogP contribution >= 0.6 is 0 Å². The van der Waals surface area contributed by atoms with Crippen molar-refractivity contribution in [1.82, 2.24) is 0 Å². The number of carbonyl (C=O) groups is 1. The third-order valence-electron chi connectivity index (χ3n) is 2.80. The quantitative estimate of drug-likeness (QED) is 0.729. The standard InChI is InChI=1S/C15H14N4O/c1-10-8-13(6-7-14(10)17)19-15(20)18-12-4-2-11(9-16)3-5-12/h2-8H,17H2,1H3,(H2,18,19,20). The van der Waals surface area contributed by atoms with Gasteiger partial charge >= 0.3 is 6.03 Å². The second kappa shape index (κ2) is 5.76. The molecule has 0 fully saturated rings. The van der Waals surface area contributed by atoms with Crippen LogP contribution in [0.15, 0.2) is 42.5 Å². The van der Waals surface area contributed by atoms with Crippen molar-refractivity contribution >= 4 is 23.1 Å². The second-order valence-corrected chi connectivity index (χ2v) is 4.34. The first-order chi connectivity index (χ1) is 9.58. The summed E-state index contributed by atoms with van der Waals surface area (Å²) in [6, 6.07) is 13.6. The zero-order chi connectivity index (χ0) is 14.5. The van der Waals surface area contributed by atoms with E-state index in [1.807, 2.05) is 13.0 Å². The molecule has 5 nitrogen and oxygen atoms in total. The number of benzene rings is 2. The fraction of sp³-hybridized carbons (Fsp3) is 0.0667. The minimum absolute atomic E-state index is 0.348. The monoisotopic (exact) mass is 266 g/mol. The highest BCUT2D eigenvalue weighted by atomic mass is 16.2. The van der Waals surface area contributed by atoms with Gasteiger partial charge in [0.05, 0.1) is 11.6 Å². The molecule has 0 spiro atoms. The van der Waals surface area contributed by atoms with Crippen LogP contribution in [-0.2, 0) is 0 Å². The lowest BCUT2D eigenvalue weighted by atomic mass is 10.2. The van der Waals surface area contributed by atoms with Crippen LogP contribution in [0.1, 0.15) is 11.1 Å². The summed E-state index contributed by atoms with van der Waals surface area (Å²) >= 11 is 0. The number of rotatable bonds is 2. The smallest absolute Gasteiger partial charge is 0.323 e. The van der Waals surface area contributed by atoms with E-state index >= 15 is 0 Å². The van der Waals surface area contributed by atoms with Crippen LogP contribution in [0.3, 0.4) is 0 Å². The lowest BCUT2D eigenvalue weighted by molar-refractivity contribution is 0.262. The number of hydrogen-bond acceptors (Lipinski definition) is 3. The predicted octanol–water partition coefficient (Wildman–Crippen LogP) is 3.09. The van der Waals surface area contributed by atoms with E-state index < -0.39 is 0 Å². The highest BCUT2D eigenvalue weighted by Gasteiger charge is 2.04. The van der Waals surface area contributed by atoms with E-state index in [0.29, 0.717) is 22.6 Å².